The van der Waals surface area contributed by atoms with Crippen LogP contribution in [0.15, 0.2) is 11.3 Å². The van der Waals surface area contributed by atoms with Gasteiger partial charge in [-0.05, 0) is 31.4 Å². The molecule has 2 saturated heterocycles. The molecule has 3 unspecified atom stereocenters. The lowest BCUT2D eigenvalue weighted by atomic mass is 9.77. The summed E-state index contributed by atoms with van der Waals surface area (Å²) in [6, 6.07) is -0.263. The minimum Gasteiger partial charge on any atom is -0.477 e. The molecule has 9 heteroatoms. The third-order valence-electron chi connectivity index (χ3n) is 5.86. The number of carbonyl (C=O) groups is 2. The van der Waals surface area contributed by atoms with Gasteiger partial charge < -0.3 is 26.2 Å². The molecule has 3 rings (SSSR count). The van der Waals surface area contributed by atoms with Gasteiger partial charge in [0.2, 0.25) is 5.91 Å². The normalized spacial score (nSPS) is 32.4. The van der Waals surface area contributed by atoms with Crippen LogP contribution in [0.3, 0.4) is 0 Å². The van der Waals surface area contributed by atoms with Crippen LogP contribution in [0, 0.1) is 23.2 Å². The monoisotopic (exact) mass is 365 g/mol. The van der Waals surface area contributed by atoms with Crippen LogP contribution in [0.2, 0.25) is 0 Å². The SMILES string of the molecule is CC1C(CN2CC[C@H](CNC(=N)N)C2)=C(C(=O)O)N2C(=O)C([C@@H](C)O)C12. The van der Waals surface area contributed by atoms with Crippen LogP contribution in [0.1, 0.15) is 20.3 Å². The van der Waals surface area contributed by atoms with E-state index in [0.717, 1.165) is 25.1 Å². The molecule has 0 bridgehead atoms. The summed E-state index contributed by atoms with van der Waals surface area (Å²) in [7, 11) is 0. The Bertz CT molecular complexity index is 662. The number of carbonyl (C=O) groups excluding carboxylic acids is 1. The van der Waals surface area contributed by atoms with Gasteiger partial charge in [0.15, 0.2) is 5.96 Å². The Morgan fingerprint density at radius 2 is 2.19 bits per heavy atom. The predicted octanol–water partition coefficient (Wildman–Crippen LogP) is -1.01. The van der Waals surface area contributed by atoms with E-state index in [1.807, 2.05) is 6.92 Å². The molecule has 5 atom stereocenters. The van der Waals surface area contributed by atoms with Crippen LogP contribution in [-0.2, 0) is 9.59 Å². The molecule has 1 amide bonds. The third-order valence-corrected chi connectivity index (χ3v) is 5.86. The van der Waals surface area contributed by atoms with E-state index in [2.05, 4.69) is 10.2 Å². The van der Waals surface area contributed by atoms with Crippen LogP contribution < -0.4 is 11.1 Å². The van der Waals surface area contributed by atoms with Crippen molar-refractivity contribution in [2.45, 2.75) is 32.4 Å². The molecule has 3 heterocycles. The lowest BCUT2D eigenvalue weighted by molar-refractivity contribution is -0.163. The first kappa shape index (κ1) is 18.7. The van der Waals surface area contributed by atoms with Crippen LogP contribution in [0.25, 0.3) is 0 Å². The quantitative estimate of drug-likeness (QED) is 0.230. The topological polar surface area (TPSA) is 143 Å². The van der Waals surface area contributed by atoms with Crippen molar-refractivity contribution >= 4 is 17.8 Å². The highest BCUT2D eigenvalue weighted by Gasteiger charge is 2.59. The Morgan fingerprint density at radius 1 is 1.50 bits per heavy atom. The predicted molar refractivity (Wildman–Crippen MR) is 94.1 cm³/mol. The number of β-lactam (4-membered cyclic amide) rings is 1. The average Bonchev–Trinajstić information content (AvgIpc) is 3.08. The van der Waals surface area contributed by atoms with Gasteiger partial charge in [0.05, 0.1) is 18.1 Å². The number of fused-ring (bicyclic) bond motifs is 1. The molecule has 0 aromatic heterocycles. The Hall–Kier alpha value is -2.13. The summed E-state index contributed by atoms with van der Waals surface area (Å²) in [6.07, 6.45) is 0.168. The average molecular weight is 365 g/mol. The van der Waals surface area contributed by atoms with Crippen molar-refractivity contribution in [3.8, 4) is 0 Å². The Labute approximate surface area is 152 Å². The molecule has 3 aliphatic rings. The summed E-state index contributed by atoms with van der Waals surface area (Å²) in [5.41, 5.74) is 6.18. The van der Waals surface area contributed by atoms with Gasteiger partial charge in [-0.15, -0.1) is 0 Å². The number of likely N-dealkylation sites (tertiary alicyclic amines) is 1. The van der Waals surface area contributed by atoms with Crippen LogP contribution in [0.5, 0.6) is 0 Å². The summed E-state index contributed by atoms with van der Waals surface area (Å²) in [5, 5.41) is 29.6. The number of rotatable bonds is 6. The molecular weight excluding hydrogens is 338 g/mol. The molecule has 0 aromatic carbocycles. The maximum absolute atomic E-state index is 12.3. The molecule has 0 saturated carbocycles. The van der Waals surface area contributed by atoms with Gasteiger partial charge in [0.25, 0.3) is 0 Å². The fourth-order valence-electron chi connectivity index (χ4n) is 4.57. The Balaban J connectivity index is 1.72. The molecule has 0 radical (unpaired) electrons. The molecule has 6 N–H and O–H groups in total. The minimum absolute atomic E-state index is 0.0456. The molecule has 26 heavy (non-hydrogen) atoms. The number of aliphatic hydroxyl groups excluding tert-OH is 1. The van der Waals surface area contributed by atoms with Gasteiger partial charge in [-0.3, -0.25) is 15.1 Å². The second-order valence-electron chi connectivity index (χ2n) is 7.62. The number of carboxylic acids is 1. The number of nitrogens with zero attached hydrogens (tertiary/aromatic N) is 2. The van der Waals surface area contributed by atoms with E-state index < -0.39 is 18.0 Å². The number of hydrogen-bond donors (Lipinski definition) is 5. The number of amides is 1. The van der Waals surface area contributed by atoms with Gasteiger partial charge in [0.1, 0.15) is 5.70 Å². The fraction of sp³-hybridized carbons (Fsp3) is 0.706. The number of nitrogens with one attached hydrogen (secondary N) is 2. The molecular formula is C17H27N5O4. The number of guanidine groups is 1. The molecule has 144 valence electrons. The summed E-state index contributed by atoms with van der Waals surface area (Å²) in [6.45, 7) is 6.29. The van der Waals surface area contributed by atoms with E-state index in [0.29, 0.717) is 19.0 Å². The van der Waals surface area contributed by atoms with Crippen molar-refractivity contribution in [3.05, 3.63) is 11.3 Å². The molecule has 0 aliphatic carbocycles. The molecule has 3 aliphatic heterocycles. The number of nitrogens with two attached hydrogens (primary N) is 1. The molecule has 9 nitrogen and oxygen atoms in total. The van der Waals surface area contributed by atoms with Gasteiger partial charge >= 0.3 is 5.97 Å². The number of aliphatic carboxylic acids is 1. The number of hydrogen-bond acceptors (Lipinski definition) is 5. The lowest BCUT2D eigenvalue weighted by Crippen LogP contribution is -2.63. The van der Waals surface area contributed by atoms with E-state index in [1.54, 1.807) is 6.92 Å². The van der Waals surface area contributed by atoms with Crippen molar-refractivity contribution in [2.24, 2.45) is 23.5 Å². The van der Waals surface area contributed by atoms with E-state index in [1.165, 1.54) is 4.90 Å². The van der Waals surface area contributed by atoms with Gasteiger partial charge in [-0.1, -0.05) is 6.92 Å². The minimum atomic E-state index is -1.08. The fourth-order valence-corrected chi connectivity index (χ4v) is 4.57. The first-order chi connectivity index (χ1) is 12.2. The zero-order valence-corrected chi connectivity index (χ0v) is 15.1. The summed E-state index contributed by atoms with van der Waals surface area (Å²) < 4.78 is 0. The smallest absolute Gasteiger partial charge is 0.352 e. The van der Waals surface area contributed by atoms with Crippen molar-refractivity contribution < 1.29 is 19.8 Å². The van der Waals surface area contributed by atoms with Gasteiger partial charge in [-0.25, -0.2) is 4.79 Å². The summed E-state index contributed by atoms with van der Waals surface area (Å²) >= 11 is 0. The van der Waals surface area contributed by atoms with E-state index >= 15 is 0 Å². The zero-order valence-electron chi connectivity index (χ0n) is 15.1. The standard InChI is InChI=1S/C17H27N5O4/c1-8-11(7-21-4-3-10(6-21)5-20-17(18)19)14(16(25)26)22-13(8)12(9(2)23)15(22)24/h8-10,12-13,23H,3-7H2,1-2H3,(H,25,26)(H4,18,19,20)/t8?,9-,10-,12?,13?/m1/s1. The highest BCUT2D eigenvalue weighted by molar-refractivity contribution is 6.00. The lowest BCUT2D eigenvalue weighted by Gasteiger charge is -2.46. The van der Waals surface area contributed by atoms with Crippen LogP contribution >= 0.6 is 0 Å². The Morgan fingerprint density at radius 3 is 2.77 bits per heavy atom. The van der Waals surface area contributed by atoms with E-state index in [-0.39, 0.29) is 29.5 Å². The molecule has 2 fully saturated rings. The van der Waals surface area contributed by atoms with Gasteiger partial charge in [0, 0.05) is 25.6 Å². The first-order valence-electron chi connectivity index (χ1n) is 9.00. The van der Waals surface area contributed by atoms with Crippen LogP contribution in [-0.4, -0.2) is 76.2 Å². The van der Waals surface area contributed by atoms with Crippen LogP contribution in [0.4, 0.5) is 0 Å². The maximum atomic E-state index is 12.3. The third kappa shape index (κ3) is 3.05. The Kier molecular flexibility index (Phi) is 4.94. The van der Waals surface area contributed by atoms with Gasteiger partial charge in [-0.2, -0.15) is 0 Å². The highest BCUT2D eigenvalue weighted by atomic mass is 16.4. The summed E-state index contributed by atoms with van der Waals surface area (Å²) in [4.78, 5) is 27.7. The van der Waals surface area contributed by atoms with Crippen molar-refractivity contribution in [2.75, 3.05) is 26.2 Å². The largest absolute Gasteiger partial charge is 0.477 e. The van der Waals surface area contributed by atoms with Crippen molar-refractivity contribution in [3.63, 3.8) is 0 Å². The first-order valence-corrected chi connectivity index (χ1v) is 9.00. The second-order valence-corrected chi connectivity index (χ2v) is 7.62. The number of carboxylic acid groups (broad SMARTS) is 1. The van der Waals surface area contributed by atoms with E-state index in [4.69, 9.17) is 11.1 Å². The molecule has 0 aromatic rings. The highest BCUT2D eigenvalue weighted by Crippen LogP contribution is 2.47. The summed E-state index contributed by atoms with van der Waals surface area (Å²) in [5.74, 6) is -1.69. The van der Waals surface area contributed by atoms with Crippen molar-refractivity contribution in [1.82, 2.24) is 15.1 Å². The molecule has 0 spiro atoms. The second kappa shape index (κ2) is 6.88. The van der Waals surface area contributed by atoms with Crippen molar-refractivity contribution in [1.29, 1.82) is 5.41 Å². The maximum Gasteiger partial charge on any atom is 0.352 e. The number of aliphatic hydroxyl groups is 1. The zero-order chi connectivity index (χ0) is 19.2. The van der Waals surface area contributed by atoms with E-state index in [9.17, 15) is 19.8 Å².